The number of amides is 2. The summed E-state index contributed by atoms with van der Waals surface area (Å²) in [5.74, 6) is -0.990. The zero-order valence-electron chi connectivity index (χ0n) is 14.5. The average molecular weight is 367 g/mol. The smallest absolute Gasteiger partial charge is 0.308 e. The minimum Gasteiger partial charge on any atom is -0.463 e. The fourth-order valence-corrected chi connectivity index (χ4v) is 2.73. The fraction of sp³-hybridized carbons (Fsp3) is 0.500. The topological polar surface area (TPSA) is 75.7 Å². The first-order valence-corrected chi connectivity index (χ1v) is 8.79. The standard InChI is InChI=1S/C18H23ClN2O4/c1-3-12(2)25-17(23)11-15-18(24)20-8-9-21(15)16(22)10-13-4-6-14(19)7-5-13/h4-7,12,15H,3,8-11H2,1-2H3,(H,20,24). The van der Waals surface area contributed by atoms with Gasteiger partial charge in [-0.05, 0) is 31.0 Å². The molecule has 1 saturated heterocycles. The molecule has 25 heavy (non-hydrogen) atoms. The predicted molar refractivity (Wildman–Crippen MR) is 94.1 cm³/mol. The molecule has 136 valence electrons. The molecular formula is C18H23ClN2O4. The van der Waals surface area contributed by atoms with Crippen molar-refractivity contribution in [1.29, 1.82) is 0 Å². The molecule has 2 atom stereocenters. The van der Waals surface area contributed by atoms with Crippen LogP contribution in [0.4, 0.5) is 0 Å². The van der Waals surface area contributed by atoms with Crippen LogP contribution < -0.4 is 5.32 Å². The van der Waals surface area contributed by atoms with Crippen molar-refractivity contribution in [2.45, 2.75) is 45.3 Å². The Balaban J connectivity index is 2.04. The number of carbonyl (C=O) groups excluding carboxylic acids is 3. The Kier molecular flexibility index (Phi) is 6.82. The number of nitrogens with zero attached hydrogens (tertiary/aromatic N) is 1. The number of rotatable bonds is 6. The summed E-state index contributed by atoms with van der Waals surface area (Å²) in [5, 5.41) is 3.30. The van der Waals surface area contributed by atoms with Gasteiger partial charge in [-0.1, -0.05) is 30.7 Å². The van der Waals surface area contributed by atoms with Crippen LogP contribution in [0.5, 0.6) is 0 Å². The molecule has 1 heterocycles. The van der Waals surface area contributed by atoms with Crippen LogP contribution in [0.15, 0.2) is 24.3 Å². The number of benzene rings is 1. The second-order valence-corrected chi connectivity index (χ2v) is 6.55. The molecule has 0 aliphatic carbocycles. The molecule has 2 amide bonds. The quantitative estimate of drug-likeness (QED) is 0.781. The van der Waals surface area contributed by atoms with E-state index in [-0.39, 0.29) is 30.8 Å². The van der Waals surface area contributed by atoms with E-state index in [1.807, 2.05) is 6.92 Å². The number of hydrogen-bond donors (Lipinski definition) is 1. The number of ether oxygens (including phenoxy) is 1. The van der Waals surface area contributed by atoms with Crippen LogP contribution in [0.2, 0.25) is 5.02 Å². The lowest BCUT2D eigenvalue weighted by atomic mass is 10.1. The molecule has 1 N–H and O–H groups in total. The van der Waals surface area contributed by atoms with Crippen molar-refractivity contribution in [2.75, 3.05) is 13.1 Å². The molecule has 1 aromatic carbocycles. The maximum absolute atomic E-state index is 12.6. The molecule has 2 unspecified atom stereocenters. The van der Waals surface area contributed by atoms with Gasteiger partial charge in [0.15, 0.2) is 0 Å². The van der Waals surface area contributed by atoms with E-state index in [9.17, 15) is 14.4 Å². The third-order valence-electron chi connectivity index (χ3n) is 4.19. The van der Waals surface area contributed by atoms with E-state index in [1.54, 1.807) is 31.2 Å². The molecule has 0 saturated carbocycles. The molecule has 1 aliphatic rings. The van der Waals surface area contributed by atoms with E-state index in [0.29, 0.717) is 24.5 Å². The summed E-state index contributed by atoms with van der Waals surface area (Å²) in [6.45, 7) is 4.46. The van der Waals surface area contributed by atoms with Crippen LogP contribution in [0.25, 0.3) is 0 Å². The number of halogens is 1. The van der Waals surface area contributed by atoms with E-state index in [4.69, 9.17) is 16.3 Å². The first-order valence-electron chi connectivity index (χ1n) is 8.41. The van der Waals surface area contributed by atoms with E-state index in [0.717, 1.165) is 5.56 Å². The van der Waals surface area contributed by atoms with Crippen molar-refractivity contribution in [3.8, 4) is 0 Å². The van der Waals surface area contributed by atoms with Crippen LogP contribution >= 0.6 is 11.6 Å². The van der Waals surface area contributed by atoms with Gasteiger partial charge in [0.1, 0.15) is 6.04 Å². The monoisotopic (exact) mass is 366 g/mol. The van der Waals surface area contributed by atoms with Gasteiger partial charge in [-0.25, -0.2) is 0 Å². The Bertz CT molecular complexity index is 632. The zero-order valence-corrected chi connectivity index (χ0v) is 15.2. The van der Waals surface area contributed by atoms with E-state index in [2.05, 4.69) is 5.32 Å². The van der Waals surface area contributed by atoms with Crippen molar-refractivity contribution < 1.29 is 19.1 Å². The van der Waals surface area contributed by atoms with Gasteiger partial charge in [0.2, 0.25) is 11.8 Å². The van der Waals surface area contributed by atoms with Gasteiger partial charge < -0.3 is 15.0 Å². The molecule has 0 spiro atoms. The van der Waals surface area contributed by atoms with Gasteiger partial charge in [-0.2, -0.15) is 0 Å². The Morgan fingerprint density at radius 2 is 2.04 bits per heavy atom. The first kappa shape index (κ1) is 19.2. The van der Waals surface area contributed by atoms with Gasteiger partial charge in [0, 0.05) is 18.1 Å². The Morgan fingerprint density at radius 1 is 1.36 bits per heavy atom. The van der Waals surface area contributed by atoms with Crippen LogP contribution in [0.3, 0.4) is 0 Å². The highest BCUT2D eigenvalue weighted by Gasteiger charge is 2.35. The highest BCUT2D eigenvalue weighted by Crippen LogP contribution is 2.15. The molecule has 1 fully saturated rings. The number of carbonyl (C=O) groups is 3. The molecule has 0 aromatic heterocycles. The molecule has 7 heteroatoms. The summed E-state index contributed by atoms with van der Waals surface area (Å²) in [4.78, 5) is 38.3. The van der Waals surface area contributed by atoms with Crippen LogP contribution in [-0.4, -0.2) is 47.9 Å². The lowest BCUT2D eigenvalue weighted by Crippen LogP contribution is -2.58. The summed E-state index contributed by atoms with van der Waals surface area (Å²) in [7, 11) is 0. The predicted octanol–water partition coefficient (Wildman–Crippen LogP) is 1.94. The summed E-state index contributed by atoms with van der Waals surface area (Å²) in [5.41, 5.74) is 0.807. The van der Waals surface area contributed by atoms with Gasteiger partial charge in [0.05, 0.1) is 18.9 Å². The summed E-state index contributed by atoms with van der Waals surface area (Å²) >= 11 is 5.85. The second kappa shape index (κ2) is 8.85. The summed E-state index contributed by atoms with van der Waals surface area (Å²) in [6.07, 6.45) is 0.503. The third-order valence-corrected chi connectivity index (χ3v) is 4.44. The van der Waals surface area contributed by atoms with Crippen LogP contribution in [0, 0.1) is 0 Å². The average Bonchev–Trinajstić information content (AvgIpc) is 2.58. The lowest BCUT2D eigenvalue weighted by Gasteiger charge is -2.34. The number of esters is 1. The second-order valence-electron chi connectivity index (χ2n) is 6.11. The minimum absolute atomic E-state index is 0.136. The van der Waals surface area contributed by atoms with Crippen LogP contribution in [0.1, 0.15) is 32.3 Å². The van der Waals surface area contributed by atoms with Gasteiger partial charge >= 0.3 is 5.97 Å². The Labute approximate surface area is 152 Å². The lowest BCUT2D eigenvalue weighted by molar-refractivity contribution is -0.154. The third kappa shape index (κ3) is 5.46. The van der Waals surface area contributed by atoms with E-state index >= 15 is 0 Å². The van der Waals surface area contributed by atoms with Crippen molar-refractivity contribution in [2.24, 2.45) is 0 Å². The first-order chi connectivity index (χ1) is 11.9. The van der Waals surface area contributed by atoms with Gasteiger partial charge in [0.25, 0.3) is 0 Å². The largest absolute Gasteiger partial charge is 0.463 e. The molecule has 2 rings (SSSR count). The normalized spacial score (nSPS) is 18.4. The maximum Gasteiger partial charge on any atom is 0.308 e. The Hall–Kier alpha value is -2.08. The van der Waals surface area contributed by atoms with Crippen molar-refractivity contribution >= 4 is 29.4 Å². The summed E-state index contributed by atoms with van der Waals surface area (Å²) < 4.78 is 5.24. The van der Waals surface area contributed by atoms with Crippen molar-refractivity contribution in [3.05, 3.63) is 34.9 Å². The van der Waals surface area contributed by atoms with Crippen LogP contribution in [-0.2, 0) is 25.5 Å². The molecular weight excluding hydrogens is 344 g/mol. The Morgan fingerprint density at radius 3 is 2.68 bits per heavy atom. The molecule has 1 aromatic rings. The van der Waals surface area contributed by atoms with Crippen molar-refractivity contribution in [3.63, 3.8) is 0 Å². The molecule has 0 radical (unpaired) electrons. The highest BCUT2D eigenvalue weighted by atomic mass is 35.5. The zero-order chi connectivity index (χ0) is 18.4. The molecule has 1 aliphatic heterocycles. The molecule has 6 nitrogen and oxygen atoms in total. The van der Waals surface area contributed by atoms with E-state index in [1.165, 1.54) is 4.90 Å². The SMILES string of the molecule is CCC(C)OC(=O)CC1C(=O)NCCN1C(=O)Cc1ccc(Cl)cc1. The van der Waals surface area contributed by atoms with Gasteiger partial charge in [-0.3, -0.25) is 14.4 Å². The summed E-state index contributed by atoms with van der Waals surface area (Å²) in [6, 6.07) is 6.15. The van der Waals surface area contributed by atoms with Crippen molar-refractivity contribution in [1.82, 2.24) is 10.2 Å². The molecule has 0 bridgehead atoms. The van der Waals surface area contributed by atoms with E-state index < -0.39 is 12.0 Å². The maximum atomic E-state index is 12.6. The van der Waals surface area contributed by atoms with Gasteiger partial charge in [-0.15, -0.1) is 0 Å². The minimum atomic E-state index is -0.829. The number of piperazine rings is 1. The number of hydrogen-bond acceptors (Lipinski definition) is 4. The highest BCUT2D eigenvalue weighted by molar-refractivity contribution is 6.30. The fourth-order valence-electron chi connectivity index (χ4n) is 2.61. The number of nitrogens with one attached hydrogen (secondary N) is 1.